The van der Waals surface area contributed by atoms with E-state index < -0.39 is 0 Å². The van der Waals surface area contributed by atoms with Gasteiger partial charge in [0.15, 0.2) is 5.82 Å². The van der Waals surface area contributed by atoms with Crippen molar-refractivity contribution >= 4 is 0 Å². The fourth-order valence-electron chi connectivity index (χ4n) is 4.96. The number of fused-ring (bicyclic) bond motifs is 2. The molecule has 6 rings (SSSR count). The SMILES string of the molecule is Cn1cc(-c2cccc(-c3ncc(-c4cnn(C5CC6CCC(C5)N6)c4)cn3)c2)cn1. The summed E-state index contributed by atoms with van der Waals surface area (Å²) in [6, 6.07) is 10.1. The van der Waals surface area contributed by atoms with Crippen molar-refractivity contribution in [3.05, 3.63) is 61.4 Å². The maximum Gasteiger partial charge on any atom is 0.159 e. The highest BCUT2D eigenvalue weighted by molar-refractivity contribution is 5.70. The molecule has 2 aliphatic heterocycles. The predicted octanol–water partition coefficient (Wildman–Crippen LogP) is 3.86. The highest BCUT2D eigenvalue weighted by Crippen LogP contribution is 2.34. The van der Waals surface area contributed by atoms with Crippen molar-refractivity contribution in [2.24, 2.45) is 7.05 Å². The monoisotopic (exact) mass is 411 g/mol. The lowest BCUT2D eigenvalue weighted by molar-refractivity contribution is 0.281. The Bertz CT molecular complexity index is 1190. The second kappa shape index (κ2) is 7.42. The lowest BCUT2D eigenvalue weighted by Gasteiger charge is -2.29. The van der Waals surface area contributed by atoms with Crippen LogP contribution in [0.25, 0.3) is 33.6 Å². The molecule has 3 aromatic heterocycles. The van der Waals surface area contributed by atoms with Crippen molar-refractivity contribution in [1.82, 2.24) is 34.8 Å². The molecule has 2 bridgehead atoms. The van der Waals surface area contributed by atoms with Gasteiger partial charge in [-0.3, -0.25) is 9.36 Å². The average molecular weight is 412 g/mol. The summed E-state index contributed by atoms with van der Waals surface area (Å²) in [7, 11) is 1.92. The number of aromatic nitrogens is 6. The van der Waals surface area contributed by atoms with Crippen LogP contribution in [0.5, 0.6) is 0 Å². The summed E-state index contributed by atoms with van der Waals surface area (Å²) in [5.41, 5.74) is 5.25. The van der Waals surface area contributed by atoms with Crippen molar-refractivity contribution < 1.29 is 0 Å². The second-order valence-corrected chi connectivity index (χ2v) is 8.75. The third-order valence-corrected chi connectivity index (χ3v) is 6.57. The molecule has 0 amide bonds. The first kappa shape index (κ1) is 18.4. The van der Waals surface area contributed by atoms with Crippen LogP contribution in [0, 0.1) is 0 Å². The van der Waals surface area contributed by atoms with Gasteiger partial charge in [0, 0.05) is 66.2 Å². The number of aryl methyl sites for hydroxylation is 1. The standard InChI is InChI=1S/C24H25N7/c1-30-14-19(12-27-30)16-3-2-4-17(7-16)24-25-10-18(11-26-24)20-13-28-31(15-20)23-8-21-5-6-22(9-23)29-21/h2-4,7,10-15,21-23,29H,5-6,8-9H2,1H3. The molecule has 0 saturated carbocycles. The van der Waals surface area contributed by atoms with Gasteiger partial charge in [0.2, 0.25) is 0 Å². The quantitative estimate of drug-likeness (QED) is 0.552. The summed E-state index contributed by atoms with van der Waals surface area (Å²) in [6.07, 6.45) is 16.7. The van der Waals surface area contributed by atoms with Crippen LogP contribution in [-0.4, -0.2) is 41.6 Å². The zero-order valence-electron chi connectivity index (χ0n) is 17.5. The summed E-state index contributed by atoms with van der Waals surface area (Å²) in [6.45, 7) is 0. The Morgan fingerprint density at radius 1 is 0.806 bits per heavy atom. The lowest BCUT2D eigenvalue weighted by atomic mass is 10.00. The van der Waals surface area contributed by atoms with Crippen LogP contribution in [0.1, 0.15) is 31.7 Å². The molecule has 31 heavy (non-hydrogen) atoms. The zero-order valence-corrected chi connectivity index (χ0v) is 17.5. The molecule has 7 heteroatoms. The van der Waals surface area contributed by atoms with E-state index in [1.807, 2.05) is 54.8 Å². The van der Waals surface area contributed by atoms with Crippen molar-refractivity contribution in [2.75, 3.05) is 0 Å². The van der Waals surface area contributed by atoms with E-state index in [1.54, 1.807) is 0 Å². The smallest absolute Gasteiger partial charge is 0.159 e. The topological polar surface area (TPSA) is 73.5 Å². The third kappa shape index (κ3) is 3.55. The van der Waals surface area contributed by atoms with Gasteiger partial charge in [-0.25, -0.2) is 9.97 Å². The maximum atomic E-state index is 4.67. The van der Waals surface area contributed by atoms with Crippen molar-refractivity contribution in [3.8, 4) is 33.6 Å². The number of rotatable bonds is 4. The number of benzene rings is 1. The molecule has 0 spiro atoms. The number of nitrogens with one attached hydrogen (secondary N) is 1. The summed E-state index contributed by atoms with van der Waals surface area (Å²) in [4.78, 5) is 9.28. The van der Waals surface area contributed by atoms with E-state index in [0.29, 0.717) is 18.1 Å². The molecule has 2 fully saturated rings. The molecule has 2 aliphatic rings. The molecular formula is C24H25N7. The molecule has 2 atom stereocenters. The Morgan fingerprint density at radius 2 is 1.52 bits per heavy atom. The molecule has 5 heterocycles. The Kier molecular flexibility index (Phi) is 4.42. The van der Waals surface area contributed by atoms with E-state index in [9.17, 15) is 0 Å². The molecule has 156 valence electrons. The van der Waals surface area contributed by atoms with Gasteiger partial charge >= 0.3 is 0 Å². The van der Waals surface area contributed by atoms with Crippen LogP contribution < -0.4 is 5.32 Å². The molecule has 0 radical (unpaired) electrons. The third-order valence-electron chi connectivity index (χ3n) is 6.57. The van der Waals surface area contributed by atoms with Gasteiger partial charge in [-0.1, -0.05) is 18.2 Å². The van der Waals surface area contributed by atoms with Crippen molar-refractivity contribution in [3.63, 3.8) is 0 Å². The largest absolute Gasteiger partial charge is 0.311 e. The number of piperidine rings is 1. The Morgan fingerprint density at radius 3 is 2.26 bits per heavy atom. The first-order chi connectivity index (χ1) is 15.2. The van der Waals surface area contributed by atoms with E-state index in [2.05, 4.69) is 48.5 Å². The maximum absolute atomic E-state index is 4.67. The number of hydrogen-bond acceptors (Lipinski definition) is 5. The Hall–Kier alpha value is -3.32. The highest BCUT2D eigenvalue weighted by Gasteiger charge is 2.34. The predicted molar refractivity (Wildman–Crippen MR) is 119 cm³/mol. The van der Waals surface area contributed by atoms with E-state index in [1.165, 1.54) is 25.7 Å². The molecule has 2 unspecified atom stereocenters. The average Bonchev–Trinajstić information content (AvgIpc) is 3.54. The van der Waals surface area contributed by atoms with Crippen LogP contribution in [0.4, 0.5) is 0 Å². The summed E-state index contributed by atoms with van der Waals surface area (Å²) in [5, 5.41) is 12.6. The van der Waals surface area contributed by atoms with Crippen LogP contribution >= 0.6 is 0 Å². The molecule has 2 saturated heterocycles. The Balaban J connectivity index is 1.22. The molecular weight excluding hydrogens is 386 g/mol. The first-order valence-electron chi connectivity index (χ1n) is 10.9. The summed E-state index contributed by atoms with van der Waals surface area (Å²) in [5.74, 6) is 0.719. The molecule has 1 N–H and O–H groups in total. The molecule has 7 nitrogen and oxygen atoms in total. The van der Waals surface area contributed by atoms with E-state index in [0.717, 1.165) is 33.6 Å². The minimum Gasteiger partial charge on any atom is -0.311 e. The summed E-state index contributed by atoms with van der Waals surface area (Å²) >= 11 is 0. The van der Waals surface area contributed by atoms with E-state index >= 15 is 0 Å². The van der Waals surface area contributed by atoms with Gasteiger partial charge in [-0.15, -0.1) is 0 Å². The molecule has 4 aromatic rings. The van der Waals surface area contributed by atoms with Gasteiger partial charge < -0.3 is 5.32 Å². The lowest BCUT2D eigenvalue weighted by Crippen LogP contribution is -2.38. The molecule has 0 aliphatic carbocycles. The fourth-order valence-corrected chi connectivity index (χ4v) is 4.96. The zero-order chi connectivity index (χ0) is 20.8. The minimum absolute atomic E-state index is 0.489. The second-order valence-electron chi connectivity index (χ2n) is 8.75. The first-order valence-corrected chi connectivity index (χ1v) is 10.9. The fraction of sp³-hybridized carbons (Fsp3) is 0.333. The Labute approximate surface area is 181 Å². The van der Waals surface area contributed by atoms with Crippen LogP contribution in [-0.2, 0) is 7.05 Å². The number of hydrogen-bond donors (Lipinski definition) is 1. The van der Waals surface area contributed by atoms with Gasteiger partial charge in [0.1, 0.15) is 0 Å². The number of nitrogens with zero attached hydrogens (tertiary/aromatic N) is 6. The van der Waals surface area contributed by atoms with Crippen LogP contribution in [0.3, 0.4) is 0 Å². The van der Waals surface area contributed by atoms with Gasteiger partial charge in [-0.05, 0) is 37.3 Å². The van der Waals surface area contributed by atoms with Gasteiger partial charge in [-0.2, -0.15) is 10.2 Å². The van der Waals surface area contributed by atoms with Crippen LogP contribution in [0.15, 0.2) is 61.4 Å². The van der Waals surface area contributed by atoms with E-state index in [4.69, 9.17) is 0 Å². The highest BCUT2D eigenvalue weighted by atomic mass is 15.3. The van der Waals surface area contributed by atoms with Gasteiger partial charge in [0.05, 0.1) is 18.4 Å². The van der Waals surface area contributed by atoms with Crippen molar-refractivity contribution in [1.29, 1.82) is 0 Å². The minimum atomic E-state index is 0.489. The molecule has 1 aromatic carbocycles. The normalized spacial score (nSPS) is 22.7. The van der Waals surface area contributed by atoms with Gasteiger partial charge in [0.25, 0.3) is 0 Å². The van der Waals surface area contributed by atoms with Crippen LogP contribution in [0.2, 0.25) is 0 Å². The van der Waals surface area contributed by atoms with Crippen molar-refractivity contribution in [2.45, 2.75) is 43.8 Å². The van der Waals surface area contributed by atoms with E-state index in [-0.39, 0.29) is 0 Å². The summed E-state index contributed by atoms with van der Waals surface area (Å²) < 4.78 is 3.95.